The van der Waals surface area contributed by atoms with Gasteiger partial charge in [-0.2, -0.15) is 0 Å². The second-order valence-electron chi connectivity index (χ2n) is 9.73. The molecule has 0 unspecified atom stereocenters. The highest BCUT2D eigenvalue weighted by Crippen LogP contribution is 2.65. The van der Waals surface area contributed by atoms with Crippen molar-refractivity contribution in [1.82, 2.24) is 0 Å². The smallest absolute Gasteiger partial charge is 0.302 e. The van der Waals surface area contributed by atoms with Gasteiger partial charge in [-0.1, -0.05) is 36.7 Å². The summed E-state index contributed by atoms with van der Waals surface area (Å²) >= 11 is 0. The van der Waals surface area contributed by atoms with E-state index in [4.69, 9.17) is 4.74 Å². The van der Waals surface area contributed by atoms with Gasteiger partial charge in [-0.05, 0) is 79.6 Å². The molecule has 0 radical (unpaired) electrons. The standard InChI is InChI=1S/C23H33NO3/c1-14(24-26)19-7-8-20-18-6-5-16-13-17(27-15(2)25)9-11-22(16,3)21(18)10-12-23(19,20)4/h5,7,17-18,20-21,26H,6,8-13H2,1-4H3/b24-14+/t17-,18-,20-,21-,22+,23-/m1/s1. The average molecular weight is 372 g/mol. The number of fused-ring (bicyclic) bond motifs is 5. The summed E-state index contributed by atoms with van der Waals surface area (Å²) in [6.07, 6.45) is 12.6. The molecule has 2 saturated carbocycles. The predicted octanol–water partition coefficient (Wildman–Crippen LogP) is 5.27. The van der Waals surface area contributed by atoms with E-state index in [1.807, 2.05) is 6.92 Å². The Morgan fingerprint density at radius 1 is 1.11 bits per heavy atom. The van der Waals surface area contributed by atoms with Crippen LogP contribution in [0.2, 0.25) is 0 Å². The van der Waals surface area contributed by atoms with E-state index in [-0.39, 0.29) is 22.9 Å². The van der Waals surface area contributed by atoms with E-state index in [0.29, 0.717) is 17.8 Å². The largest absolute Gasteiger partial charge is 0.462 e. The zero-order valence-electron chi connectivity index (χ0n) is 17.1. The fourth-order valence-corrected chi connectivity index (χ4v) is 7.14. The van der Waals surface area contributed by atoms with Crippen LogP contribution in [0.15, 0.2) is 28.5 Å². The second-order valence-corrected chi connectivity index (χ2v) is 9.73. The van der Waals surface area contributed by atoms with Crippen LogP contribution in [-0.4, -0.2) is 23.0 Å². The van der Waals surface area contributed by atoms with Gasteiger partial charge in [0.05, 0.1) is 5.71 Å². The van der Waals surface area contributed by atoms with Gasteiger partial charge in [0.25, 0.3) is 0 Å². The van der Waals surface area contributed by atoms with Gasteiger partial charge in [0.15, 0.2) is 0 Å². The molecule has 148 valence electrons. The molecule has 0 bridgehead atoms. The molecule has 0 spiro atoms. The van der Waals surface area contributed by atoms with Crippen LogP contribution in [0, 0.1) is 28.6 Å². The maximum Gasteiger partial charge on any atom is 0.302 e. The first-order valence-corrected chi connectivity index (χ1v) is 10.6. The Hall–Kier alpha value is -1.58. The highest BCUT2D eigenvalue weighted by atomic mass is 16.5. The third-order valence-electron chi connectivity index (χ3n) is 8.51. The van der Waals surface area contributed by atoms with Crippen molar-refractivity contribution in [2.24, 2.45) is 33.7 Å². The number of esters is 1. The normalized spacial score (nSPS) is 43.8. The van der Waals surface area contributed by atoms with E-state index < -0.39 is 0 Å². The van der Waals surface area contributed by atoms with Gasteiger partial charge in [0.1, 0.15) is 6.10 Å². The van der Waals surface area contributed by atoms with Gasteiger partial charge in [-0.15, -0.1) is 0 Å². The van der Waals surface area contributed by atoms with Crippen molar-refractivity contribution in [2.75, 3.05) is 0 Å². The Bertz CT molecular complexity index is 736. The summed E-state index contributed by atoms with van der Waals surface area (Å²) in [5.41, 5.74) is 3.99. The van der Waals surface area contributed by atoms with E-state index >= 15 is 0 Å². The number of allylic oxidation sites excluding steroid dienone is 3. The van der Waals surface area contributed by atoms with Crippen LogP contribution >= 0.6 is 0 Å². The Labute approximate surface area is 162 Å². The lowest BCUT2D eigenvalue weighted by Crippen LogP contribution is -2.50. The van der Waals surface area contributed by atoms with Gasteiger partial charge in [0.2, 0.25) is 0 Å². The molecule has 0 heterocycles. The molecule has 4 aliphatic rings. The maximum absolute atomic E-state index is 11.4. The van der Waals surface area contributed by atoms with Gasteiger partial charge in [0, 0.05) is 13.3 Å². The Kier molecular flexibility index (Phi) is 4.51. The minimum atomic E-state index is -0.156. The highest BCUT2D eigenvalue weighted by Gasteiger charge is 2.57. The Morgan fingerprint density at radius 2 is 1.85 bits per heavy atom. The molecular weight excluding hydrogens is 338 g/mol. The lowest BCUT2D eigenvalue weighted by Gasteiger charge is -2.57. The van der Waals surface area contributed by atoms with Crippen LogP contribution in [0.5, 0.6) is 0 Å². The summed E-state index contributed by atoms with van der Waals surface area (Å²) in [6.45, 7) is 8.30. The van der Waals surface area contributed by atoms with Crippen LogP contribution in [0.3, 0.4) is 0 Å². The molecule has 0 aromatic rings. The lowest BCUT2D eigenvalue weighted by atomic mass is 9.47. The van der Waals surface area contributed by atoms with Crippen molar-refractivity contribution in [3.8, 4) is 0 Å². The van der Waals surface area contributed by atoms with Gasteiger partial charge < -0.3 is 9.94 Å². The molecule has 1 N–H and O–H groups in total. The molecule has 4 rings (SSSR count). The van der Waals surface area contributed by atoms with Crippen LogP contribution < -0.4 is 0 Å². The van der Waals surface area contributed by atoms with Crippen molar-refractivity contribution in [3.63, 3.8) is 0 Å². The number of ether oxygens (including phenoxy) is 1. The molecule has 6 atom stereocenters. The predicted molar refractivity (Wildman–Crippen MR) is 106 cm³/mol. The molecule has 4 heteroatoms. The minimum absolute atomic E-state index is 0.0652. The number of oxime groups is 1. The third kappa shape index (κ3) is 2.78. The zero-order valence-corrected chi connectivity index (χ0v) is 17.1. The molecule has 0 amide bonds. The molecule has 0 aliphatic heterocycles. The third-order valence-corrected chi connectivity index (χ3v) is 8.51. The number of hydrogen-bond donors (Lipinski definition) is 1. The van der Waals surface area contributed by atoms with Gasteiger partial charge in [-0.3, -0.25) is 4.79 Å². The molecule has 0 saturated heterocycles. The Balaban J connectivity index is 1.59. The number of nitrogens with zero attached hydrogens (tertiary/aromatic N) is 1. The monoisotopic (exact) mass is 371 g/mol. The van der Waals surface area contributed by atoms with Crippen molar-refractivity contribution in [2.45, 2.75) is 78.7 Å². The summed E-state index contributed by atoms with van der Waals surface area (Å²) in [4.78, 5) is 11.4. The maximum atomic E-state index is 11.4. The van der Waals surface area contributed by atoms with Crippen molar-refractivity contribution < 1.29 is 14.7 Å². The van der Waals surface area contributed by atoms with E-state index in [9.17, 15) is 10.0 Å². The Morgan fingerprint density at radius 3 is 2.56 bits per heavy atom. The number of carbonyl (C=O) groups excluding carboxylic acids is 1. The average Bonchev–Trinajstić information content (AvgIpc) is 2.98. The first-order chi connectivity index (χ1) is 12.8. The number of carbonyl (C=O) groups is 1. The first-order valence-electron chi connectivity index (χ1n) is 10.6. The summed E-state index contributed by atoms with van der Waals surface area (Å²) in [5, 5.41) is 12.8. The van der Waals surface area contributed by atoms with E-state index in [1.165, 1.54) is 30.9 Å². The molecule has 2 fully saturated rings. The summed E-state index contributed by atoms with van der Waals surface area (Å²) < 4.78 is 5.53. The van der Waals surface area contributed by atoms with Crippen molar-refractivity contribution >= 4 is 11.7 Å². The molecule has 4 aliphatic carbocycles. The highest BCUT2D eigenvalue weighted by molar-refractivity contribution is 5.99. The lowest BCUT2D eigenvalue weighted by molar-refractivity contribution is -0.148. The summed E-state index contributed by atoms with van der Waals surface area (Å²) in [5.74, 6) is 1.90. The van der Waals surface area contributed by atoms with Crippen LogP contribution in [0.1, 0.15) is 72.6 Å². The number of hydrogen-bond acceptors (Lipinski definition) is 4. The van der Waals surface area contributed by atoms with Gasteiger partial charge >= 0.3 is 5.97 Å². The molecular formula is C23H33NO3. The summed E-state index contributed by atoms with van der Waals surface area (Å²) in [7, 11) is 0. The van der Waals surface area contributed by atoms with Crippen molar-refractivity contribution in [3.05, 3.63) is 23.3 Å². The number of rotatable bonds is 2. The van der Waals surface area contributed by atoms with Crippen molar-refractivity contribution in [1.29, 1.82) is 0 Å². The van der Waals surface area contributed by atoms with E-state index in [2.05, 4.69) is 31.2 Å². The quantitative estimate of drug-likeness (QED) is 0.237. The second kappa shape index (κ2) is 6.49. The fraction of sp³-hybridized carbons (Fsp3) is 0.739. The fourth-order valence-electron chi connectivity index (χ4n) is 7.14. The van der Waals surface area contributed by atoms with E-state index in [0.717, 1.165) is 37.8 Å². The summed E-state index contributed by atoms with van der Waals surface area (Å²) in [6, 6.07) is 0. The first kappa shape index (κ1) is 18.8. The topological polar surface area (TPSA) is 58.9 Å². The van der Waals surface area contributed by atoms with Gasteiger partial charge in [-0.25, -0.2) is 0 Å². The molecule has 0 aromatic carbocycles. The van der Waals surface area contributed by atoms with Crippen LogP contribution in [-0.2, 0) is 9.53 Å². The molecule has 27 heavy (non-hydrogen) atoms. The minimum Gasteiger partial charge on any atom is -0.462 e. The molecule has 0 aromatic heterocycles. The van der Waals surface area contributed by atoms with Crippen LogP contribution in [0.4, 0.5) is 0 Å². The van der Waals surface area contributed by atoms with E-state index in [1.54, 1.807) is 0 Å². The molecule has 4 nitrogen and oxygen atoms in total. The van der Waals surface area contributed by atoms with Crippen LogP contribution in [0.25, 0.3) is 0 Å². The zero-order chi connectivity index (χ0) is 19.4. The SMILES string of the molecule is CC(=O)O[C@@H]1CC[C@@]2(C)C(=CC[C@H]3[C@H]2CC[C@]2(C)C(/C(C)=N/O)=CC[C@H]32)C1.